The summed E-state index contributed by atoms with van der Waals surface area (Å²) in [6.07, 6.45) is 1.61. The van der Waals surface area contributed by atoms with Gasteiger partial charge in [-0.2, -0.15) is 0 Å². The molecule has 33 heavy (non-hydrogen) atoms. The smallest absolute Gasteiger partial charge is 0.322 e. The van der Waals surface area contributed by atoms with Crippen LogP contribution in [0.25, 0.3) is 0 Å². The fourth-order valence-corrected chi connectivity index (χ4v) is 4.28. The largest absolute Gasteiger partial charge is 0.495 e. The number of urea groups is 1. The van der Waals surface area contributed by atoms with E-state index in [9.17, 15) is 9.59 Å². The van der Waals surface area contributed by atoms with Crippen molar-refractivity contribution in [3.63, 3.8) is 0 Å². The van der Waals surface area contributed by atoms with Gasteiger partial charge in [-0.05, 0) is 36.8 Å². The highest BCUT2D eigenvalue weighted by Gasteiger charge is 2.22. The highest BCUT2D eigenvalue weighted by Crippen LogP contribution is 2.23. The van der Waals surface area contributed by atoms with Gasteiger partial charge >= 0.3 is 6.03 Å². The van der Waals surface area contributed by atoms with Gasteiger partial charge in [0, 0.05) is 22.8 Å². The lowest BCUT2D eigenvalue weighted by atomic mass is 10.2. The molecule has 1 N–H and O–H groups in total. The van der Waals surface area contributed by atoms with Gasteiger partial charge in [-0.25, -0.2) is 4.79 Å². The summed E-state index contributed by atoms with van der Waals surface area (Å²) in [5, 5.41) is 2.84. The van der Waals surface area contributed by atoms with Crippen LogP contribution in [0, 0.1) is 6.92 Å². The van der Waals surface area contributed by atoms with Crippen LogP contribution in [-0.2, 0) is 17.9 Å². The molecule has 172 valence electrons. The first kappa shape index (κ1) is 24.1. The number of nitrogens with zero attached hydrogens (tertiary/aromatic N) is 2. The minimum atomic E-state index is -0.389. The van der Waals surface area contributed by atoms with Crippen LogP contribution < -0.4 is 10.1 Å². The zero-order valence-electron chi connectivity index (χ0n) is 19.0. The number of hydrogen-bond acceptors (Lipinski definition) is 4. The fraction of sp³-hybridized carbons (Fsp3) is 0.231. The monoisotopic (exact) mass is 463 g/mol. The lowest BCUT2D eigenvalue weighted by Gasteiger charge is -2.27. The summed E-state index contributed by atoms with van der Waals surface area (Å²) in [5.41, 5.74) is 1.58. The Morgan fingerprint density at radius 2 is 1.73 bits per heavy atom. The molecule has 3 rings (SSSR count). The number of benzene rings is 2. The Kier molecular flexibility index (Phi) is 8.66. The molecule has 0 aliphatic rings. The number of hydrogen-bond donors (Lipinski definition) is 1. The fourth-order valence-electron chi connectivity index (χ4n) is 3.37. The molecule has 6 nitrogen and oxygen atoms in total. The van der Waals surface area contributed by atoms with E-state index in [4.69, 9.17) is 4.74 Å². The maximum Gasteiger partial charge on any atom is 0.322 e. The Labute approximate surface area is 199 Å². The minimum Gasteiger partial charge on any atom is -0.495 e. The Bertz CT molecular complexity index is 1080. The zero-order valence-corrected chi connectivity index (χ0v) is 19.8. The van der Waals surface area contributed by atoms with Crippen LogP contribution in [0.5, 0.6) is 5.75 Å². The van der Waals surface area contributed by atoms with E-state index < -0.39 is 0 Å². The van der Waals surface area contributed by atoms with Crippen LogP contribution in [0.1, 0.15) is 15.3 Å². The molecule has 0 aliphatic heterocycles. The summed E-state index contributed by atoms with van der Waals surface area (Å²) in [5.74, 6) is 0.413. The molecule has 2 aromatic carbocycles. The quantitative estimate of drug-likeness (QED) is 0.414. The molecule has 3 amide bonds. The number of aryl methyl sites for hydroxylation is 1. The van der Waals surface area contributed by atoms with Gasteiger partial charge in [0.05, 0.1) is 19.3 Å². The first-order valence-electron chi connectivity index (χ1n) is 10.7. The van der Waals surface area contributed by atoms with E-state index in [1.165, 1.54) is 9.78 Å². The Hall–Kier alpha value is -3.58. The van der Waals surface area contributed by atoms with Gasteiger partial charge in [0.1, 0.15) is 12.3 Å². The van der Waals surface area contributed by atoms with Gasteiger partial charge in [-0.15, -0.1) is 17.9 Å². The Morgan fingerprint density at radius 1 is 1.00 bits per heavy atom. The number of anilines is 1. The van der Waals surface area contributed by atoms with E-state index in [1.54, 1.807) is 41.6 Å². The van der Waals surface area contributed by atoms with Crippen LogP contribution >= 0.6 is 11.3 Å². The van der Waals surface area contributed by atoms with Crippen LogP contribution in [0.3, 0.4) is 0 Å². The van der Waals surface area contributed by atoms with E-state index in [0.717, 1.165) is 10.4 Å². The molecule has 0 fully saturated rings. The second kappa shape index (κ2) is 11.9. The first-order chi connectivity index (χ1) is 16.0. The maximum absolute atomic E-state index is 13.4. The van der Waals surface area contributed by atoms with Crippen molar-refractivity contribution in [2.75, 3.05) is 25.5 Å². The topological polar surface area (TPSA) is 61.9 Å². The average molecular weight is 464 g/mol. The highest BCUT2D eigenvalue weighted by molar-refractivity contribution is 7.11. The molecular formula is C26H29N3O3S. The average Bonchev–Trinajstić information content (AvgIpc) is 3.23. The minimum absolute atomic E-state index is 0.0653. The van der Waals surface area contributed by atoms with Crippen molar-refractivity contribution in [2.45, 2.75) is 20.0 Å². The molecule has 0 bridgehead atoms. The zero-order chi connectivity index (χ0) is 23.6. The predicted octanol–water partition coefficient (Wildman–Crippen LogP) is 5.31. The van der Waals surface area contributed by atoms with E-state index in [1.807, 2.05) is 55.5 Å². The molecule has 0 saturated carbocycles. The van der Waals surface area contributed by atoms with Crippen molar-refractivity contribution in [2.24, 2.45) is 0 Å². The Morgan fingerprint density at radius 3 is 2.39 bits per heavy atom. The third-order valence-corrected chi connectivity index (χ3v) is 6.01. The molecule has 0 atom stereocenters. The van der Waals surface area contributed by atoms with Crippen LogP contribution in [-0.4, -0.2) is 41.9 Å². The van der Waals surface area contributed by atoms with E-state index in [2.05, 4.69) is 18.0 Å². The third-order valence-electron chi connectivity index (χ3n) is 5.02. The molecule has 0 saturated heterocycles. The summed E-state index contributed by atoms with van der Waals surface area (Å²) in [7, 11) is 1.55. The second-order valence-electron chi connectivity index (χ2n) is 7.55. The van der Waals surface area contributed by atoms with Crippen molar-refractivity contribution < 1.29 is 14.3 Å². The third kappa shape index (κ3) is 6.95. The highest BCUT2D eigenvalue weighted by atomic mass is 32.1. The van der Waals surface area contributed by atoms with Gasteiger partial charge in [0.25, 0.3) is 0 Å². The summed E-state index contributed by atoms with van der Waals surface area (Å²) in [6.45, 7) is 6.92. The summed E-state index contributed by atoms with van der Waals surface area (Å²) in [4.78, 5) is 31.9. The van der Waals surface area contributed by atoms with Crippen molar-refractivity contribution in [3.05, 3.63) is 94.7 Å². The maximum atomic E-state index is 13.4. The standard InChI is InChI=1S/C26H29N3O3S/c1-4-16-28(26(31)27-23-12-8-9-13-24(23)32-3)19-25(30)29(17-21-10-6-5-7-11-21)18-22-15-14-20(2)33-22/h4-15H,1,16-19H2,2-3H3,(H,27,31). The summed E-state index contributed by atoms with van der Waals surface area (Å²) >= 11 is 1.67. The number of ether oxygens (including phenoxy) is 1. The predicted molar refractivity (Wildman–Crippen MR) is 134 cm³/mol. The molecule has 0 unspecified atom stereocenters. The van der Waals surface area contributed by atoms with Gasteiger partial charge in [0.2, 0.25) is 5.91 Å². The van der Waals surface area contributed by atoms with Crippen molar-refractivity contribution in [1.29, 1.82) is 0 Å². The van der Waals surface area contributed by atoms with E-state index in [-0.39, 0.29) is 25.0 Å². The lowest BCUT2D eigenvalue weighted by molar-refractivity contribution is -0.132. The molecule has 0 spiro atoms. The number of para-hydroxylation sites is 2. The van der Waals surface area contributed by atoms with Gasteiger partial charge in [-0.3, -0.25) is 4.79 Å². The van der Waals surface area contributed by atoms with E-state index in [0.29, 0.717) is 24.5 Å². The number of amides is 3. The summed E-state index contributed by atoms with van der Waals surface area (Å²) in [6, 6.07) is 20.7. The number of rotatable bonds is 10. The number of methoxy groups -OCH3 is 1. The van der Waals surface area contributed by atoms with Gasteiger partial charge in [0.15, 0.2) is 0 Å². The SMILES string of the molecule is C=CCN(CC(=O)N(Cc1ccccc1)Cc1ccc(C)s1)C(=O)Nc1ccccc1OC. The van der Waals surface area contributed by atoms with Crippen LogP contribution in [0.2, 0.25) is 0 Å². The second-order valence-corrected chi connectivity index (χ2v) is 8.92. The Balaban J connectivity index is 1.76. The lowest BCUT2D eigenvalue weighted by Crippen LogP contribution is -2.44. The molecule has 1 heterocycles. The number of thiophene rings is 1. The van der Waals surface area contributed by atoms with Crippen LogP contribution in [0.15, 0.2) is 79.4 Å². The van der Waals surface area contributed by atoms with E-state index >= 15 is 0 Å². The molecular weight excluding hydrogens is 434 g/mol. The molecule has 0 radical (unpaired) electrons. The molecule has 1 aromatic heterocycles. The van der Waals surface area contributed by atoms with Gasteiger partial charge in [-0.1, -0.05) is 48.5 Å². The number of carbonyl (C=O) groups is 2. The number of carbonyl (C=O) groups excluding carboxylic acids is 2. The van der Waals surface area contributed by atoms with Crippen molar-refractivity contribution >= 4 is 29.0 Å². The molecule has 3 aromatic rings. The van der Waals surface area contributed by atoms with Crippen LogP contribution in [0.4, 0.5) is 10.5 Å². The normalized spacial score (nSPS) is 10.4. The summed E-state index contributed by atoms with van der Waals surface area (Å²) < 4.78 is 5.31. The molecule has 7 heteroatoms. The van der Waals surface area contributed by atoms with Crippen molar-refractivity contribution in [3.8, 4) is 5.75 Å². The number of nitrogens with one attached hydrogen (secondary N) is 1. The first-order valence-corrected chi connectivity index (χ1v) is 11.5. The van der Waals surface area contributed by atoms with Gasteiger partial charge < -0.3 is 19.9 Å². The van der Waals surface area contributed by atoms with Crippen molar-refractivity contribution in [1.82, 2.24) is 9.80 Å². The molecule has 0 aliphatic carbocycles.